The largest absolute Gasteiger partial charge is 0.316 e. The molecule has 0 saturated carbocycles. The van der Waals surface area contributed by atoms with Crippen LogP contribution in [0.1, 0.15) is 38.6 Å². The maximum Gasteiger partial charge on any atom is 0.161 e. The minimum Gasteiger partial charge on any atom is -0.316 e. The zero-order valence-corrected chi connectivity index (χ0v) is 19.3. The standard InChI is InChI=1S/C18H17N3OS.C8H11N/c1-13-17(12-22)23-18(20-13)16-11-19-10-15(21-16)9-5-8-14-6-3-2-4-7-14;1-9-7-8-5-3-2-4-6-8/h2-4,6-7,10-12H,5,8-9H2,1H3;2-6,9H,7H2,1H3. The number of hydrogen-bond donors (Lipinski definition) is 1. The fourth-order valence-electron chi connectivity index (χ4n) is 3.18. The highest BCUT2D eigenvalue weighted by Crippen LogP contribution is 2.25. The van der Waals surface area contributed by atoms with Gasteiger partial charge in [0.25, 0.3) is 0 Å². The lowest BCUT2D eigenvalue weighted by molar-refractivity contribution is 0.112. The smallest absolute Gasteiger partial charge is 0.161 e. The maximum atomic E-state index is 10.9. The minimum atomic E-state index is 0.649. The molecule has 5 nitrogen and oxygen atoms in total. The molecule has 0 unspecified atom stereocenters. The van der Waals surface area contributed by atoms with Gasteiger partial charge < -0.3 is 5.32 Å². The molecule has 6 heteroatoms. The normalized spacial score (nSPS) is 10.3. The number of aromatic nitrogens is 3. The van der Waals surface area contributed by atoms with Crippen LogP contribution >= 0.6 is 11.3 Å². The molecule has 2 aromatic carbocycles. The molecule has 4 aromatic rings. The summed E-state index contributed by atoms with van der Waals surface area (Å²) in [6.07, 6.45) is 7.27. The number of carbonyl (C=O) groups excluding carboxylic acids is 1. The van der Waals surface area contributed by atoms with E-state index in [0.29, 0.717) is 4.88 Å². The van der Waals surface area contributed by atoms with Gasteiger partial charge in [-0.1, -0.05) is 60.7 Å². The molecule has 0 atom stereocenters. The summed E-state index contributed by atoms with van der Waals surface area (Å²) in [7, 11) is 1.95. The molecule has 0 radical (unpaired) electrons. The van der Waals surface area contributed by atoms with E-state index in [1.54, 1.807) is 12.4 Å². The van der Waals surface area contributed by atoms with Crippen LogP contribution in [-0.4, -0.2) is 28.3 Å². The molecule has 0 bridgehead atoms. The summed E-state index contributed by atoms with van der Waals surface area (Å²) in [5.74, 6) is 0. The van der Waals surface area contributed by atoms with Crippen molar-refractivity contribution < 1.29 is 4.79 Å². The predicted molar refractivity (Wildman–Crippen MR) is 131 cm³/mol. The van der Waals surface area contributed by atoms with Gasteiger partial charge in [0.1, 0.15) is 10.7 Å². The second-order valence-electron chi connectivity index (χ2n) is 7.34. The average molecular weight is 445 g/mol. The minimum absolute atomic E-state index is 0.649. The first-order chi connectivity index (χ1) is 15.7. The van der Waals surface area contributed by atoms with Crippen molar-refractivity contribution in [2.45, 2.75) is 32.7 Å². The molecule has 2 heterocycles. The molecule has 0 amide bonds. The van der Waals surface area contributed by atoms with Crippen LogP contribution in [0.2, 0.25) is 0 Å². The van der Waals surface area contributed by atoms with Crippen LogP contribution in [0.25, 0.3) is 10.7 Å². The van der Waals surface area contributed by atoms with E-state index in [2.05, 4.69) is 56.7 Å². The Balaban J connectivity index is 0.000000269. The first-order valence-corrected chi connectivity index (χ1v) is 11.5. The number of aryl methyl sites for hydroxylation is 3. The number of nitrogens with one attached hydrogen (secondary N) is 1. The Kier molecular flexibility index (Phi) is 9.22. The van der Waals surface area contributed by atoms with Crippen LogP contribution in [0.5, 0.6) is 0 Å². The predicted octanol–water partition coefficient (Wildman–Crippen LogP) is 5.30. The Morgan fingerprint density at radius 3 is 2.22 bits per heavy atom. The maximum absolute atomic E-state index is 10.9. The van der Waals surface area contributed by atoms with Crippen LogP contribution in [0, 0.1) is 6.92 Å². The average Bonchev–Trinajstić information content (AvgIpc) is 3.22. The quantitative estimate of drug-likeness (QED) is 0.373. The molecule has 32 heavy (non-hydrogen) atoms. The van der Waals surface area contributed by atoms with Crippen molar-refractivity contribution in [3.05, 3.63) is 100 Å². The molecule has 0 saturated heterocycles. The highest BCUT2D eigenvalue weighted by atomic mass is 32.1. The number of hydrogen-bond acceptors (Lipinski definition) is 6. The third-order valence-electron chi connectivity index (χ3n) is 4.81. The molecule has 0 aliphatic heterocycles. The van der Waals surface area contributed by atoms with E-state index in [-0.39, 0.29) is 0 Å². The van der Waals surface area contributed by atoms with Crippen LogP contribution in [-0.2, 0) is 19.4 Å². The van der Waals surface area contributed by atoms with Gasteiger partial charge in [-0.3, -0.25) is 9.78 Å². The van der Waals surface area contributed by atoms with Gasteiger partial charge in [0, 0.05) is 12.7 Å². The lowest BCUT2D eigenvalue weighted by atomic mass is 10.1. The van der Waals surface area contributed by atoms with E-state index in [0.717, 1.165) is 54.2 Å². The van der Waals surface area contributed by atoms with Gasteiger partial charge in [0.05, 0.1) is 22.5 Å². The Morgan fingerprint density at radius 1 is 0.906 bits per heavy atom. The van der Waals surface area contributed by atoms with Crippen molar-refractivity contribution in [3.8, 4) is 10.7 Å². The zero-order valence-electron chi connectivity index (χ0n) is 18.5. The third kappa shape index (κ3) is 7.18. The SMILES string of the molecule is CNCc1ccccc1.Cc1nc(-c2cncc(CCCc3ccccc3)n2)sc1C=O. The molecule has 4 rings (SSSR count). The van der Waals surface area contributed by atoms with Crippen molar-refractivity contribution in [2.24, 2.45) is 0 Å². The number of benzene rings is 2. The van der Waals surface area contributed by atoms with Gasteiger partial charge in [0.2, 0.25) is 0 Å². The van der Waals surface area contributed by atoms with Gasteiger partial charge in [-0.15, -0.1) is 11.3 Å². The zero-order chi connectivity index (χ0) is 22.6. The van der Waals surface area contributed by atoms with E-state index in [4.69, 9.17) is 0 Å². The highest BCUT2D eigenvalue weighted by Gasteiger charge is 2.10. The van der Waals surface area contributed by atoms with E-state index in [1.165, 1.54) is 22.5 Å². The summed E-state index contributed by atoms with van der Waals surface area (Å²) in [6, 6.07) is 20.8. The van der Waals surface area contributed by atoms with Gasteiger partial charge >= 0.3 is 0 Å². The van der Waals surface area contributed by atoms with Crippen LogP contribution in [0.4, 0.5) is 0 Å². The van der Waals surface area contributed by atoms with E-state index >= 15 is 0 Å². The van der Waals surface area contributed by atoms with E-state index < -0.39 is 0 Å². The molecule has 0 aliphatic rings. The summed E-state index contributed by atoms with van der Waals surface area (Å²) < 4.78 is 0. The lowest BCUT2D eigenvalue weighted by Crippen LogP contribution is -2.04. The second kappa shape index (κ2) is 12.6. The Labute approximate surface area is 193 Å². The van der Waals surface area contributed by atoms with Gasteiger partial charge in [0.15, 0.2) is 6.29 Å². The molecule has 0 fully saturated rings. The van der Waals surface area contributed by atoms with Crippen molar-refractivity contribution in [2.75, 3.05) is 7.05 Å². The topological polar surface area (TPSA) is 67.8 Å². The van der Waals surface area contributed by atoms with Crippen molar-refractivity contribution in [3.63, 3.8) is 0 Å². The lowest BCUT2D eigenvalue weighted by Gasteiger charge is -2.03. The second-order valence-corrected chi connectivity index (χ2v) is 8.37. The third-order valence-corrected chi connectivity index (χ3v) is 5.91. The van der Waals surface area contributed by atoms with Gasteiger partial charge in [-0.2, -0.15) is 0 Å². The first kappa shape index (κ1) is 23.4. The van der Waals surface area contributed by atoms with Crippen molar-refractivity contribution >= 4 is 17.6 Å². The number of rotatable bonds is 8. The number of aldehydes is 1. The van der Waals surface area contributed by atoms with Gasteiger partial charge in [-0.05, 0) is 44.4 Å². The molecule has 1 N–H and O–H groups in total. The molecule has 0 aliphatic carbocycles. The Bertz CT molecular complexity index is 1100. The molecule has 164 valence electrons. The van der Waals surface area contributed by atoms with Crippen LogP contribution < -0.4 is 5.32 Å². The summed E-state index contributed by atoms with van der Waals surface area (Å²) in [6.45, 7) is 2.79. The summed E-state index contributed by atoms with van der Waals surface area (Å²) >= 11 is 1.36. The summed E-state index contributed by atoms with van der Waals surface area (Å²) in [4.78, 5) is 24.9. The van der Waals surface area contributed by atoms with Gasteiger partial charge in [-0.25, -0.2) is 9.97 Å². The highest BCUT2D eigenvalue weighted by molar-refractivity contribution is 7.16. The van der Waals surface area contributed by atoms with Crippen LogP contribution in [0.3, 0.4) is 0 Å². The fourth-order valence-corrected chi connectivity index (χ4v) is 4.01. The van der Waals surface area contributed by atoms with E-state index in [1.807, 2.05) is 38.2 Å². The molecule has 2 aromatic heterocycles. The number of nitrogens with zero attached hydrogens (tertiary/aromatic N) is 3. The van der Waals surface area contributed by atoms with E-state index in [9.17, 15) is 4.79 Å². The molecular formula is C26H28N4OS. The van der Waals surface area contributed by atoms with Crippen molar-refractivity contribution in [1.29, 1.82) is 0 Å². The van der Waals surface area contributed by atoms with Crippen LogP contribution in [0.15, 0.2) is 73.1 Å². The summed E-state index contributed by atoms with van der Waals surface area (Å²) in [5, 5.41) is 3.84. The Morgan fingerprint density at radius 2 is 1.59 bits per heavy atom. The number of carbonyl (C=O) groups is 1. The van der Waals surface area contributed by atoms with Crippen molar-refractivity contribution in [1.82, 2.24) is 20.3 Å². The molecular weight excluding hydrogens is 416 g/mol. The summed E-state index contributed by atoms with van der Waals surface area (Å²) in [5.41, 5.74) is 5.11. The monoisotopic (exact) mass is 444 g/mol. The Hall–Kier alpha value is -3.22. The number of thiazole rings is 1. The first-order valence-electron chi connectivity index (χ1n) is 10.7. The fraction of sp³-hybridized carbons (Fsp3) is 0.231. The molecule has 0 spiro atoms.